The lowest BCUT2D eigenvalue weighted by Gasteiger charge is -2.35. The topological polar surface area (TPSA) is 43.1 Å². The van der Waals surface area contributed by atoms with E-state index < -0.39 is 10.8 Å². The molecule has 0 heterocycles. The fraction of sp³-hybridized carbons (Fsp3) is 0.647. The van der Waals surface area contributed by atoms with Gasteiger partial charge in [0.25, 0.3) is 0 Å². The molecule has 1 fully saturated rings. The Hall–Kier alpha value is -0.670. The van der Waals surface area contributed by atoms with Gasteiger partial charge in [-0.1, -0.05) is 37.5 Å². The molecule has 0 saturated heterocycles. The first-order valence-corrected chi connectivity index (χ1v) is 8.96. The van der Waals surface area contributed by atoms with Gasteiger partial charge in [-0.2, -0.15) is 0 Å². The zero-order valence-corrected chi connectivity index (χ0v) is 13.7. The van der Waals surface area contributed by atoms with Gasteiger partial charge >= 0.3 is 0 Å². The minimum absolute atomic E-state index is 0.236. The third-order valence-corrected chi connectivity index (χ3v) is 6.76. The van der Waals surface area contributed by atoms with Crippen LogP contribution in [0.15, 0.2) is 23.1 Å². The van der Waals surface area contributed by atoms with Crippen molar-refractivity contribution in [3.63, 3.8) is 0 Å². The van der Waals surface area contributed by atoms with Gasteiger partial charge < -0.3 is 5.73 Å². The van der Waals surface area contributed by atoms with Crippen LogP contribution < -0.4 is 5.73 Å². The zero-order valence-electron chi connectivity index (χ0n) is 12.9. The van der Waals surface area contributed by atoms with Gasteiger partial charge in [-0.25, -0.2) is 0 Å². The molecule has 0 amide bonds. The molecular weight excluding hydrogens is 266 g/mol. The van der Waals surface area contributed by atoms with Crippen molar-refractivity contribution in [2.45, 2.75) is 56.6 Å². The molecule has 20 heavy (non-hydrogen) atoms. The van der Waals surface area contributed by atoms with Gasteiger partial charge in [0, 0.05) is 10.1 Å². The highest BCUT2D eigenvalue weighted by Crippen LogP contribution is 2.36. The highest BCUT2D eigenvalue weighted by atomic mass is 32.2. The summed E-state index contributed by atoms with van der Waals surface area (Å²) in [6, 6.07) is 6.24. The van der Waals surface area contributed by atoms with Crippen LogP contribution in [0.3, 0.4) is 0 Å². The highest BCUT2D eigenvalue weighted by Gasteiger charge is 2.33. The summed E-state index contributed by atoms with van der Waals surface area (Å²) in [4.78, 5) is 1.01. The highest BCUT2D eigenvalue weighted by molar-refractivity contribution is 7.85. The van der Waals surface area contributed by atoms with Crippen LogP contribution in [0.4, 0.5) is 0 Å². The molecule has 2 rings (SSSR count). The minimum atomic E-state index is -0.922. The van der Waals surface area contributed by atoms with Crippen LogP contribution in [0.5, 0.6) is 0 Å². The van der Waals surface area contributed by atoms with E-state index in [4.69, 9.17) is 5.73 Å². The van der Waals surface area contributed by atoms with Crippen LogP contribution in [0.1, 0.15) is 43.7 Å². The Morgan fingerprint density at radius 3 is 2.65 bits per heavy atom. The molecule has 1 aliphatic carbocycles. The number of rotatable bonds is 4. The van der Waals surface area contributed by atoms with Crippen molar-refractivity contribution in [1.29, 1.82) is 0 Å². The summed E-state index contributed by atoms with van der Waals surface area (Å²) in [6.45, 7) is 7.05. The molecule has 1 saturated carbocycles. The predicted molar refractivity (Wildman–Crippen MR) is 86.3 cm³/mol. The second-order valence-electron chi connectivity index (χ2n) is 6.19. The number of hydrogen-bond acceptors (Lipinski definition) is 2. The van der Waals surface area contributed by atoms with E-state index in [1.165, 1.54) is 18.4 Å². The van der Waals surface area contributed by atoms with E-state index in [-0.39, 0.29) is 5.25 Å². The van der Waals surface area contributed by atoms with Crippen molar-refractivity contribution >= 4 is 10.8 Å². The molecule has 4 atom stereocenters. The number of aryl methyl sites for hydroxylation is 2. The zero-order chi connectivity index (χ0) is 14.7. The molecule has 0 radical (unpaired) electrons. The Bertz CT molecular complexity index is 486. The van der Waals surface area contributed by atoms with E-state index in [0.29, 0.717) is 12.5 Å². The first-order chi connectivity index (χ1) is 9.56. The van der Waals surface area contributed by atoms with Crippen molar-refractivity contribution in [3.8, 4) is 0 Å². The smallest absolute Gasteiger partial charge is 0.0566 e. The molecule has 0 aliphatic heterocycles. The first-order valence-electron chi connectivity index (χ1n) is 7.74. The summed E-state index contributed by atoms with van der Waals surface area (Å²) in [5.74, 6) is 1.14. The lowest BCUT2D eigenvalue weighted by Crippen LogP contribution is -2.37. The third-order valence-electron chi connectivity index (χ3n) is 4.74. The third kappa shape index (κ3) is 3.32. The van der Waals surface area contributed by atoms with Gasteiger partial charge in [-0.05, 0) is 56.7 Å². The second-order valence-corrected chi connectivity index (χ2v) is 7.83. The lowest BCUT2D eigenvalue weighted by atomic mass is 9.80. The van der Waals surface area contributed by atoms with E-state index in [9.17, 15) is 4.21 Å². The molecule has 3 heteroatoms. The van der Waals surface area contributed by atoms with Crippen LogP contribution in [-0.4, -0.2) is 16.0 Å². The predicted octanol–water partition coefficient (Wildman–Crippen LogP) is 3.56. The molecule has 1 aromatic rings. The Morgan fingerprint density at radius 1 is 1.30 bits per heavy atom. The molecule has 1 aromatic carbocycles. The summed E-state index contributed by atoms with van der Waals surface area (Å²) >= 11 is 0. The summed E-state index contributed by atoms with van der Waals surface area (Å²) in [5.41, 5.74) is 8.31. The van der Waals surface area contributed by atoms with E-state index in [0.717, 1.165) is 29.2 Å². The lowest BCUT2D eigenvalue weighted by molar-refractivity contribution is 0.280. The molecule has 2 nitrogen and oxygen atoms in total. The maximum atomic E-state index is 13.0. The van der Waals surface area contributed by atoms with Crippen molar-refractivity contribution in [1.82, 2.24) is 0 Å². The van der Waals surface area contributed by atoms with Crippen LogP contribution in [0.25, 0.3) is 0 Å². The van der Waals surface area contributed by atoms with Gasteiger partial charge in [-0.3, -0.25) is 4.21 Å². The first kappa shape index (κ1) is 15.7. The standard InChI is InChI=1S/C17H27NOS/c1-4-14-6-7-15(11-18)17(10-14)20(19)16-8-5-12(2)9-13(16)3/h5,8-9,14-15,17H,4,6-7,10-11,18H2,1-3H3. The Morgan fingerprint density at radius 2 is 2.05 bits per heavy atom. The summed E-state index contributed by atoms with van der Waals surface area (Å²) in [7, 11) is -0.922. The van der Waals surface area contributed by atoms with Gasteiger partial charge in [0.05, 0.1) is 10.8 Å². The van der Waals surface area contributed by atoms with Crippen molar-refractivity contribution in [2.24, 2.45) is 17.6 Å². The van der Waals surface area contributed by atoms with Crippen molar-refractivity contribution in [2.75, 3.05) is 6.54 Å². The van der Waals surface area contributed by atoms with Crippen molar-refractivity contribution in [3.05, 3.63) is 29.3 Å². The largest absolute Gasteiger partial charge is 0.330 e. The van der Waals surface area contributed by atoms with Crippen LogP contribution >= 0.6 is 0 Å². The van der Waals surface area contributed by atoms with Gasteiger partial charge in [0.2, 0.25) is 0 Å². The van der Waals surface area contributed by atoms with E-state index in [2.05, 4.69) is 32.9 Å². The Labute approximate surface area is 125 Å². The summed E-state index contributed by atoms with van der Waals surface area (Å²) < 4.78 is 13.0. The summed E-state index contributed by atoms with van der Waals surface area (Å²) in [5, 5.41) is 0.236. The normalized spacial score (nSPS) is 28.3. The SMILES string of the molecule is CCC1CCC(CN)C(S(=O)c2ccc(C)cc2C)C1. The fourth-order valence-electron chi connectivity index (χ4n) is 3.37. The number of nitrogens with two attached hydrogens (primary N) is 1. The molecule has 1 aliphatic rings. The van der Waals surface area contributed by atoms with E-state index in [1.54, 1.807) is 0 Å². The number of benzene rings is 1. The maximum Gasteiger partial charge on any atom is 0.0566 e. The number of hydrogen-bond donors (Lipinski definition) is 1. The Kier molecular flexibility index (Phi) is 5.39. The fourth-order valence-corrected chi connectivity index (χ4v) is 5.31. The molecule has 4 unspecified atom stereocenters. The Balaban J connectivity index is 2.24. The maximum absolute atomic E-state index is 13.0. The molecule has 2 N–H and O–H groups in total. The van der Waals surface area contributed by atoms with Crippen molar-refractivity contribution < 1.29 is 4.21 Å². The van der Waals surface area contributed by atoms with Gasteiger partial charge in [0.1, 0.15) is 0 Å². The van der Waals surface area contributed by atoms with E-state index in [1.807, 2.05) is 6.07 Å². The van der Waals surface area contributed by atoms with Crippen LogP contribution in [0.2, 0.25) is 0 Å². The molecule has 0 spiro atoms. The molecular formula is C17H27NOS. The van der Waals surface area contributed by atoms with E-state index >= 15 is 0 Å². The van der Waals surface area contributed by atoms with Gasteiger partial charge in [-0.15, -0.1) is 0 Å². The second kappa shape index (κ2) is 6.86. The van der Waals surface area contributed by atoms with Crippen LogP contribution in [-0.2, 0) is 10.8 Å². The molecule has 0 bridgehead atoms. The average Bonchev–Trinajstić information content (AvgIpc) is 2.46. The van der Waals surface area contributed by atoms with Gasteiger partial charge in [0.15, 0.2) is 0 Å². The molecule has 0 aromatic heterocycles. The monoisotopic (exact) mass is 293 g/mol. The minimum Gasteiger partial charge on any atom is -0.330 e. The quantitative estimate of drug-likeness (QED) is 0.922. The van der Waals surface area contributed by atoms with Crippen LogP contribution in [0, 0.1) is 25.7 Å². The molecule has 112 valence electrons. The average molecular weight is 293 g/mol. The summed E-state index contributed by atoms with van der Waals surface area (Å²) in [6.07, 6.45) is 4.64.